The van der Waals surface area contributed by atoms with E-state index in [9.17, 15) is 9.59 Å². The third-order valence-electron chi connectivity index (χ3n) is 5.41. The minimum atomic E-state index is -0.0955. The number of carbonyl (C=O) groups excluding carboxylic acids is 2. The van der Waals surface area contributed by atoms with E-state index in [1.807, 2.05) is 72.8 Å². The van der Waals surface area contributed by atoms with Crippen molar-refractivity contribution < 1.29 is 14.3 Å². The smallest absolute Gasteiger partial charge is 0.265 e. The number of nitrogens with zero attached hydrogens (tertiary/aromatic N) is 1. The SMILES string of the molecule is O=C(CCCN1C(=O)COc2ccccc21)NC(Cc1ccccc1)c1ccccc1. The van der Waals surface area contributed by atoms with E-state index in [0.717, 1.165) is 17.7 Å². The van der Waals surface area contributed by atoms with Gasteiger partial charge in [0.1, 0.15) is 5.75 Å². The van der Waals surface area contributed by atoms with Crippen molar-refractivity contribution in [1.29, 1.82) is 0 Å². The van der Waals surface area contributed by atoms with Crippen LogP contribution in [0.1, 0.15) is 30.0 Å². The van der Waals surface area contributed by atoms with Gasteiger partial charge in [0.15, 0.2) is 6.61 Å². The summed E-state index contributed by atoms with van der Waals surface area (Å²) in [7, 11) is 0. The first kappa shape index (κ1) is 20.7. The average Bonchev–Trinajstić information content (AvgIpc) is 2.81. The van der Waals surface area contributed by atoms with Gasteiger partial charge in [-0.15, -0.1) is 0 Å². The average molecular weight is 415 g/mol. The van der Waals surface area contributed by atoms with Crippen molar-refractivity contribution in [3.05, 3.63) is 96.1 Å². The number of nitrogens with one attached hydrogen (secondary N) is 1. The predicted octanol–water partition coefficient (Wildman–Crippen LogP) is 4.29. The van der Waals surface area contributed by atoms with Crippen molar-refractivity contribution in [3.8, 4) is 5.75 Å². The van der Waals surface area contributed by atoms with Crippen molar-refractivity contribution in [1.82, 2.24) is 5.32 Å². The van der Waals surface area contributed by atoms with Crippen molar-refractivity contribution in [2.24, 2.45) is 0 Å². The van der Waals surface area contributed by atoms with Crippen LogP contribution < -0.4 is 15.0 Å². The second-order valence-electron chi connectivity index (χ2n) is 7.63. The zero-order chi connectivity index (χ0) is 21.5. The van der Waals surface area contributed by atoms with E-state index in [0.29, 0.717) is 25.1 Å². The van der Waals surface area contributed by atoms with Crippen molar-refractivity contribution in [3.63, 3.8) is 0 Å². The Bertz CT molecular complexity index is 1020. The van der Waals surface area contributed by atoms with Gasteiger partial charge in [-0.3, -0.25) is 9.59 Å². The summed E-state index contributed by atoms with van der Waals surface area (Å²) >= 11 is 0. The molecule has 5 nitrogen and oxygen atoms in total. The number of amides is 2. The molecule has 0 bridgehead atoms. The van der Waals surface area contributed by atoms with E-state index in [2.05, 4.69) is 17.4 Å². The Balaban J connectivity index is 1.37. The summed E-state index contributed by atoms with van der Waals surface area (Å²) in [6.45, 7) is 0.525. The van der Waals surface area contributed by atoms with Gasteiger partial charge < -0.3 is 15.0 Å². The number of fused-ring (bicyclic) bond motifs is 1. The third kappa shape index (κ3) is 5.31. The topological polar surface area (TPSA) is 58.6 Å². The lowest BCUT2D eigenvalue weighted by atomic mass is 9.98. The normalized spacial score (nSPS) is 13.8. The molecule has 158 valence electrons. The summed E-state index contributed by atoms with van der Waals surface area (Å²) in [6.07, 6.45) is 1.66. The molecule has 1 heterocycles. The van der Waals surface area contributed by atoms with Crippen molar-refractivity contribution >= 4 is 17.5 Å². The molecule has 1 atom stereocenters. The van der Waals surface area contributed by atoms with Gasteiger partial charge in [0.2, 0.25) is 5.91 Å². The molecule has 0 fully saturated rings. The number of hydrogen-bond donors (Lipinski definition) is 1. The maximum atomic E-state index is 12.7. The molecule has 0 saturated carbocycles. The van der Waals surface area contributed by atoms with E-state index in [-0.39, 0.29) is 24.5 Å². The zero-order valence-corrected chi connectivity index (χ0v) is 17.4. The molecule has 5 heteroatoms. The molecule has 0 aromatic heterocycles. The van der Waals surface area contributed by atoms with Gasteiger partial charge in [0.05, 0.1) is 11.7 Å². The van der Waals surface area contributed by atoms with Crippen LogP contribution in [0.2, 0.25) is 0 Å². The monoisotopic (exact) mass is 414 g/mol. The van der Waals surface area contributed by atoms with Crippen LogP contribution >= 0.6 is 0 Å². The van der Waals surface area contributed by atoms with Gasteiger partial charge in [0, 0.05) is 13.0 Å². The molecule has 0 radical (unpaired) electrons. The number of ether oxygens (including phenoxy) is 1. The van der Waals surface area contributed by atoms with Crippen LogP contribution in [0.3, 0.4) is 0 Å². The molecular formula is C26H26N2O3. The van der Waals surface area contributed by atoms with E-state index >= 15 is 0 Å². The maximum Gasteiger partial charge on any atom is 0.265 e. The fourth-order valence-corrected chi connectivity index (χ4v) is 3.85. The summed E-state index contributed by atoms with van der Waals surface area (Å²) in [5, 5.41) is 3.18. The van der Waals surface area contributed by atoms with Crippen molar-refractivity contribution in [2.75, 3.05) is 18.1 Å². The molecule has 1 N–H and O–H groups in total. The number of carbonyl (C=O) groups is 2. The first-order chi connectivity index (χ1) is 15.2. The van der Waals surface area contributed by atoms with Gasteiger partial charge in [-0.25, -0.2) is 0 Å². The summed E-state index contributed by atoms with van der Waals surface area (Å²) in [5.41, 5.74) is 3.02. The lowest BCUT2D eigenvalue weighted by Crippen LogP contribution is -2.39. The highest BCUT2D eigenvalue weighted by Gasteiger charge is 2.25. The first-order valence-corrected chi connectivity index (χ1v) is 10.6. The Labute approximate surface area is 182 Å². The third-order valence-corrected chi connectivity index (χ3v) is 5.41. The number of para-hydroxylation sites is 2. The molecule has 31 heavy (non-hydrogen) atoms. The Morgan fingerprint density at radius 2 is 1.61 bits per heavy atom. The van der Waals surface area contributed by atoms with Crippen LogP contribution in [-0.4, -0.2) is 25.0 Å². The lowest BCUT2D eigenvalue weighted by molar-refractivity contribution is -0.123. The van der Waals surface area contributed by atoms with Crippen LogP contribution in [0.5, 0.6) is 5.75 Å². The van der Waals surface area contributed by atoms with Gasteiger partial charge in [-0.1, -0.05) is 72.8 Å². The summed E-state index contributed by atoms with van der Waals surface area (Å²) in [5.74, 6) is 0.614. The Morgan fingerprint density at radius 3 is 2.39 bits per heavy atom. The van der Waals surface area contributed by atoms with Gasteiger partial charge in [-0.05, 0) is 36.1 Å². The molecule has 2 amide bonds. The largest absolute Gasteiger partial charge is 0.482 e. The van der Waals surface area contributed by atoms with E-state index in [4.69, 9.17) is 4.74 Å². The number of anilines is 1. The minimum absolute atomic E-state index is 0.0150. The molecule has 1 aliphatic rings. The zero-order valence-electron chi connectivity index (χ0n) is 17.4. The highest BCUT2D eigenvalue weighted by molar-refractivity contribution is 5.97. The molecule has 1 aliphatic heterocycles. The van der Waals surface area contributed by atoms with Gasteiger partial charge >= 0.3 is 0 Å². The van der Waals surface area contributed by atoms with Crippen LogP contribution in [0.4, 0.5) is 5.69 Å². The Kier molecular flexibility index (Phi) is 6.62. The summed E-state index contributed by atoms with van der Waals surface area (Å²) in [6, 6.07) is 27.6. The van der Waals surface area contributed by atoms with Crippen LogP contribution in [0.15, 0.2) is 84.9 Å². The second-order valence-corrected chi connectivity index (χ2v) is 7.63. The second kappa shape index (κ2) is 9.94. The van der Waals surface area contributed by atoms with E-state index in [1.54, 1.807) is 4.90 Å². The van der Waals surface area contributed by atoms with E-state index < -0.39 is 0 Å². The highest BCUT2D eigenvalue weighted by atomic mass is 16.5. The molecular weight excluding hydrogens is 388 g/mol. The van der Waals surface area contributed by atoms with E-state index in [1.165, 1.54) is 5.56 Å². The summed E-state index contributed by atoms with van der Waals surface area (Å²) in [4.78, 5) is 26.8. The standard InChI is InChI=1S/C26H26N2O3/c29-25(16-9-17-28-23-14-7-8-15-24(23)31-19-26(28)30)27-22(21-12-5-2-6-13-21)18-20-10-3-1-4-11-20/h1-8,10-15,22H,9,16-19H2,(H,27,29). The van der Waals surface area contributed by atoms with Crippen LogP contribution in [-0.2, 0) is 16.0 Å². The fourth-order valence-electron chi connectivity index (χ4n) is 3.85. The Morgan fingerprint density at radius 1 is 0.935 bits per heavy atom. The first-order valence-electron chi connectivity index (χ1n) is 10.6. The minimum Gasteiger partial charge on any atom is -0.482 e. The van der Waals surface area contributed by atoms with Crippen LogP contribution in [0.25, 0.3) is 0 Å². The molecule has 0 aliphatic carbocycles. The molecule has 0 saturated heterocycles. The fraction of sp³-hybridized carbons (Fsp3) is 0.231. The Hall–Kier alpha value is -3.60. The predicted molar refractivity (Wildman–Crippen MR) is 121 cm³/mol. The molecule has 4 rings (SSSR count). The number of hydrogen-bond acceptors (Lipinski definition) is 3. The van der Waals surface area contributed by atoms with Crippen LogP contribution in [0, 0.1) is 0 Å². The molecule has 0 spiro atoms. The molecule has 3 aromatic rings. The maximum absolute atomic E-state index is 12.7. The molecule has 3 aromatic carbocycles. The quantitative estimate of drug-likeness (QED) is 0.598. The number of rotatable bonds is 8. The van der Waals surface area contributed by atoms with Crippen molar-refractivity contribution in [2.45, 2.75) is 25.3 Å². The number of benzene rings is 3. The van der Waals surface area contributed by atoms with Gasteiger partial charge in [0.25, 0.3) is 5.91 Å². The molecule has 1 unspecified atom stereocenters. The van der Waals surface area contributed by atoms with Gasteiger partial charge in [-0.2, -0.15) is 0 Å². The summed E-state index contributed by atoms with van der Waals surface area (Å²) < 4.78 is 5.48. The lowest BCUT2D eigenvalue weighted by Gasteiger charge is -2.29. The highest BCUT2D eigenvalue weighted by Crippen LogP contribution is 2.31.